The van der Waals surface area contributed by atoms with E-state index in [2.05, 4.69) is 4.72 Å². The first-order valence-electron chi connectivity index (χ1n) is 5.63. The maximum atomic E-state index is 11.1. The Kier molecular flexibility index (Phi) is 7.35. The van der Waals surface area contributed by atoms with Crippen molar-refractivity contribution in [1.29, 1.82) is 0 Å². The molecule has 0 aliphatic heterocycles. The van der Waals surface area contributed by atoms with Crippen LogP contribution in [0.5, 0.6) is 0 Å². The van der Waals surface area contributed by atoms with Crippen LogP contribution in [0.2, 0.25) is 0 Å². The molecule has 0 aliphatic carbocycles. The van der Waals surface area contributed by atoms with Crippen LogP contribution in [0, 0.1) is 6.92 Å². The second-order valence-electron chi connectivity index (χ2n) is 3.51. The Morgan fingerprint density at radius 1 is 1.33 bits per heavy atom. The summed E-state index contributed by atoms with van der Waals surface area (Å²) in [6.45, 7) is 5.76. The molecule has 0 atom stereocenters. The summed E-state index contributed by atoms with van der Waals surface area (Å²) in [6.07, 6.45) is 3.00. The molecule has 0 amide bonds. The van der Waals surface area contributed by atoms with Gasteiger partial charge in [-0.3, -0.25) is 4.72 Å². The monoisotopic (exact) mass is 291 g/mol. The predicted octanol–water partition coefficient (Wildman–Crippen LogP) is 2.61. The minimum absolute atomic E-state index is 0.0455. The average molecular weight is 291 g/mol. The Balaban J connectivity index is 0.00000137. The van der Waals surface area contributed by atoms with Crippen molar-refractivity contribution >= 4 is 27.5 Å². The molecule has 0 bridgehead atoms. The molecule has 0 radical (unpaired) electrons. The van der Waals surface area contributed by atoms with Crippen molar-refractivity contribution in [3.8, 4) is 0 Å². The lowest BCUT2D eigenvalue weighted by atomic mass is 10.1. The Labute approximate surface area is 114 Å². The van der Waals surface area contributed by atoms with Crippen LogP contribution >= 0.6 is 11.8 Å². The predicted molar refractivity (Wildman–Crippen MR) is 78.7 cm³/mol. The lowest BCUT2D eigenvalue weighted by Crippen LogP contribution is -2.11. The van der Waals surface area contributed by atoms with Gasteiger partial charge in [-0.15, -0.1) is 11.8 Å². The number of hydrogen-bond acceptors (Lipinski definition) is 4. The summed E-state index contributed by atoms with van der Waals surface area (Å²) in [5, 5.41) is 9.15. The van der Waals surface area contributed by atoms with Gasteiger partial charge < -0.3 is 5.11 Å². The molecule has 0 aliphatic rings. The molecule has 0 aromatic heterocycles. The first-order chi connectivity index (χ1) is 8.37. The Morgan fingerprint density at radius 3 is 2.28 bits per heavy atom. The van der Waals surface area contributed by atoms with E-state index in [9.17, 15) is 8.42 Å². The molecule has 1 aromatic rings. The fourth-order valence-electron chi connectivity index (χ4n) is 1.37. The van der Waals surface area contributed by atoms with Gasteiger partial charge in [0, 0.05) is 4.90 Å². The van der Waals surface area contributed by atoms with Crippen molar-refractivity contribution in [3.05, 3.63) is 23.3 Å². The lowest BCUT2D eigenvalue weighted by molar-refractivity contribution is 0.279. The fourth-order valence-corrected chi connectivity index (χ4v) is 2.61. The van der Waals surface area contributed by atoms with E-state index in [1.807, 2.05) is 20.1 Å². The van der Waals surface area contributed by atoms with Gasteiger partial charge in [0.25, 0.3) is 0 Å². The number of anilines is 1. The standard InChI is InChI=1S/C10H15NO3S2.C2H6/c1-7-4-8(6-12)10(15-2)5-9(7)11-16(3,13)14;1-2/h4-5,11-12H,6H2,1-3H3;1-2H3. The van der Waals surface area contributed by atoms with Crippen LogP contribution in [0.3, 0.4) is 0 Å². The largest absolute Gasteiger partial charge is 0.392 e. The third-order valence-electron chi connectivity index (χ3n) is 2.09. The topological polar surface area (TPSA) is 66.4 Å². The third-order valence-corrected chi connectivity index (χ3v) is 3.50. The first kappa shape index (κ1) is 17.3. The number of aliphatic hydroxyl groups excluding tert-OH is 1. The number of hydrogen-bond donors (Lipinski definition) is 2. The number of nitrogens with one attached hydrogen (secondary N) is 1. The van der Waals surface area contributed by atoms with Crippen molar-refractivity contribution in [2.45, 2.75) is 32.3 Å². The van der Waals surface area contributed by atoms with Crippen LogP contribution < -0.4 is 4.72 Å². The van der Waals surface area contributed by atoms with E-state index < -0.39 is 10.0 Å². The number of rotatable bonds is 4. The summed E-state index contributed by atoms with van der Waals surface area (Å²) in [6, 6.07) is 3.53. The number of sulfonamides is 1. The molecule has 2 N–H and O–H groups in total. The summed E-state index contributed by atoms with van der Waals surface area (Å²) in [5.41, 5.74) is 2.17. The second kappa shape index (κ2) is 7.66. The van der Waals surface area contributed by atoms with Crippen molar-refractivity contribution in [2.75, 3.05) is 17.2 Å². The smallest absolute Gasteiger partial charge is 0.229 e. The van der Waals surface area contributed by atoms with Crippen molar-refractivity contribution in [2.24, 2.45) is 0 Å². The molecular formula is C12H21NO3S2. The minimum atomic E-state index is -3.27. The first-order valence-corrected chi connectivity index (χ1v) is 8.75. The molecule has 1 aromatic carbocycles. The zero-order chi connectivity index (χ0) is 14.3. The molecule has 104 valence electrons. The molecule has 0 spiro atoms. The van der Waals surface area contributed by atoms with E-state index in [4.69, 9.17) is 5.11 Å². The zero-order valence-electron chi connectivity index (χ0n) is 11.4. The van der Waals surface area contributed by atoms with Crippen LogP contribution in [-0.2, 0) is 16.6 Å². The molecule has 0 saturated heterocycles. The number of thioether (sulfide) groups is 1. The number of aliphatic hydroxyl groups is 1. The molecule has 0 heterocycles. The summed E-state index contributed by atoms with van der Waals surface area (Å²) in [4.78, 5) is 0.874. The van der Waals surface area contributed by atoms with E-state index in [1.54, 1.807) is 19.1 Å². The summed E-state index contributed by atoms with van der Waals surface area (Å²) in [7, 11) is -3.27. The summed E-state index contributed by atoms with van der Waals surface area (Å²) < 4.78 is 24.7. The highest BCUT2D eigenvalue weighted by molar-refractivity contribution is 7.98. The highest BCUT2D eigenvalue weighted by atomic mass is 32.2. The van der Waals surface area contributed by atoms with E-state index in [-0.39, 0.29) is 6.61 Å². The van der Waals surface area contributed by atoms with Gasteiger partial charge >= 0.3 is 0 Å². The maximum Gasteiger partial charge on any atom is 0.229 e. The molecule has 0 fully saturated rings. The normalized spacial score (nSPS) is 10.6. The van der Waals surface area contributed by atoms with Gasteiger partial charge in [0.1, 0.15) is 0 Å². The Bertz CT molecular complexity index is 484. The van der Waals surface area contributed by atoms with Crippen molar-refractivity contribution in [3.63, 3.8) is 0 Å². The molecule has 4 nitrogen and oxygen atoms in total. The molecule has 1 rings (SSSR count). The van der Waals surface area contributed by atoms with Crippen molar-refractivity contribution in [1.82, 2.24) is 0 Å². The van der Waals surface area contributed by atoms with Crippen LogP contribution in [0.25, 0.3) is 0 Å². The highest BCUT2D eigenvalue weighted by Gasteiger charge is 2.09. The Morgan fingerprint density at radius 2 is 1.89 bits per heavy atom. The Hall–Kier alpha value is -0.720. The maximum absolute atomic E-state index is 11.1. The van der Waals surface area contributed by atoms with Gasteiger partial charge in [-0.05, 0) is 30.4 Å². The SMILES string of the molecule is CC.CSc1cc(NS(C)(=O)=O)c(C)cc1CO. The number of benzene rings is 1. The summed E-state index contributed by atoms with van der Waals surface area (Å²) >= 11 is 1.47. The number of aryl methyl sites for hydroxylation is 1. The highest BCUT2D eigenvalue weighted by Crippen LogP contribution is 2.28. The second-order valence-corrected chi connectivity index (χ2v) is 6.11. The summed E-state index contributed by atoms with van der Waals surface area (Å²) in [5.74, 6) is 0. The van der Waals surface area contributed by atoms with Crippen LogP contribution in [0.1, 0.15) is 25.0 Å². The lowest BCUT2D eigenvalue weighted by Gasteiger charge is -2.12. The fraction of sp³-hybridized carbons (Fsp3) is 0.500. The molecule has 6 heteroatoms. The van der Waals surface area contributed by atoms with E-state index in [1.165, 1.54) is 11.8 Å². The molecule has 0 unspecified atom stereocenters. The van der Waals surface area contributed by atoms with Crippen molar-refractivity contribution < 1.29 is 13.5 Å². The van der Waals surface area contributed by atoms with Crippen LogP contribution in [0.15, 0.2) is 17.0 Å². The van der Waals surface area contributed by atoms with Gasteiger partial charge in [0.05, 0.1) is 18.6 Å². The van der Waals surface area contributed by atoms with Gasteiger partial charge in [0.15, 0.2) is 0 Å². The zero-order valence-corrected chi connectivity index (χ0v) is 13.1. The molecule has 0 saturated carbocycles. The van der Waals surface area contributed by atoms with Gasteiger partial charge in [-0.2, -0.15) is 0 Å². The molecular weight excluding hydrogens is 270 g/mol. The van der Waals surface area contributed by atoms with E-state index in [0.717, 1.165) is 22.3 Å². The van der Waals surface area contributed by atoms with Gasteiger partial charge in [-0.25, -0.2) is 8.42 Å². The average Bonchev–Trinajstić information content (AvgIpc) is 2.32. The van der Waals surface area contributed by atoms with Gasteiger partial charge in [0.2, 0.25) is 10.0 Å². The van der Waals surface area contributed by atoms with E-state index >= 15 is 0 Å². The van der Waals surface area contributed by atoms with Crippen LogP contribution in [0.4, 0.5) is 5.69 Å². The van der Waals surface area contributed by atoms with Gasteiger partial charge in [-0.1, -0.05) is 19.9 Å². The minimum Gasteiger partial charge on any atom is -0.392 e. The molecule has 18 heavy (non-hydrogen) atoms. The van der Waals surface area contributed by atoms with Crippen LogP contribution in [-0.4, -0.2) is 26.0 Å². The third kappa shape index (κ3) is 5.29. The van der Waals surface area contributed by atoms with E-state index in [0.29, 0.717) is 5.69 Å². The quantitative estimate of drug-likeness (QED) is 0.837.